The summed E-state index contributed by atoms with van der Waals surface area (Å²) in [6.45, 7) is 10.6. The van der Waals surface area contributed by atoms with Crippen molar-refractivity contribution in [3.8, 4) is 11.1 Å². The Hall–Kier alpha value is -3.36. The van der Waals surface area contributed by atoms with E-state index in [4.69, 9.17) is 16.3 Å². The fraction of sp³-hybridized carbons (Fsp3) is 0.433. The molecule has 0 aliphatic carbocycles. The van der Waals surface area contributed by atoms with Crippen LogP contribution in [-0.4, -0.2) is 70.6 Å². The van der Waals surface area contributed by atoms with E-state index >= 15 is 0 Å². The van der Waals surface area contributed by atoms with E-state index in [-0.39, 0.29) is 19.1 Å². The number of ether oxygens (including phenoxy) is 1. The van der Waals surface area contributed by atoms with E-state index < -0.39 is 12.0 Å². The number of hydrogen-bond acceptors (Lipinski definition) is 6. The summed E-state index contributed by atoms with van der Waals surface area (Å²) in [5, 5.41) is 0.524. The van der Waals surface area contributed by atoms with E-state index in [9.17, 15) is 9.59 Å². The first-order valence-corrected chi connectivity index (χ1v) is 14.3. The summed E-state index contributed by atoms with van der Waals surface area (Å²) in [5.74, 6) is -0.685. The summed E-state index contributed by atoms with van der Waals surface area (Å²) < 4.78 is 7.49. The summed E-state index contributed by atoms with van der Waals surface area (Å²) in [7, 11) is 0. The molecule has 0 saturated carbocycles. The van der Waals surface area contributed by atoms with Crippen molar-refractivity contribution in [1.29, 1.82) is 0 Å². The predicted octanol–water partition coefficient (Wildman–Crippen LogP) is 4.55. The highest BCUT2D eigenvalue weighted by molar-refractivity contribution is 6.32. The quantitative estimate of drug-likeness (QED) is 0.404. The summed E-state index contributed by atoms with van der Waals surface area (Å²) in [4.78, 5) is 38.0. The number of benzene rings is 2. The van der Waals surface area contributed by atoms with Crippen molar-refractivity contribution in [2.75, 3.05) is 44.2 Å². The van der Waals surface area contributed by atoms with Gasteiger partial charge in [-0.25, -0.2) is 9.78 Å². The van der Waals surface area contributed by atoms with Crippen LogP contribution in [0.15, 0.2) is 42.7 Å². The minimum absolute atomic E-state index is 0.225. The second kappa shape index (κ2) is 10.7. The van der Waals surface area contributed by atoms with Crippen LogP contribution in [0.4, 0.5) is 5.69 Å². The fourth-order valence-electron chi connectivity index (χ4n) is 6.09. The Balaban J connectivity index is 1.27. The number of nitrogens with zero attached hydrogens (tertiary/aromatic N) is 5. The van der Waals surface area contributed by atoms with Crippen LogP contribution in [0.5, 0.6) is 0 Å². The van der Waals surface area contributed by atoms with E-state index in [2.05, 4.69) is 50.5 Å². The average Bonchev–Trinajstić information content (AvgIpc) is 3.66. The maximum Gasteiger partial charge on any atom is 0.335 e. The Bertz CT molecular complexity index is 1390. The molecule has 0 unspecified atom stereocenters. The van der Waals surface area contributed by atoms with Gasteiger partial charge in [0.2, 0.25) is 0 Å². The topological polar surface area (TPSA) is 70.9 Å². The highest BCUT2D eigenvalue weighted by Crippen LogP contribution is 2.39. The van der Waals surface area contributed by atoms with Crippen LogP contribution in [-0.2, 0) is 29.0 Å². The molecule has 4 heterocycles. The molecule has 1 fully saturated rings. The van der Waals surface area contributed by atoms with Crippen molar-refractivity contribution in [1.82, 2.24) is 19.4 Å². The lowest BCUT2D eigenvalue weighted by atomic mass is 10.00. The molecule has 1 aromatic heterocycles. The molecule has 0 N–H and O–H groups in total. The number of amides is 1. The summed E-state index contributed by atoms with van der Waals surface area (Å²) in [5.41, 5.74) is 5.96. The van der Waals surface area contributed by atoms with Crippen LogP contribution in [0.2, 0.25) is 5.02 Å². The zero-order valence-electron chi connectivity index (χ0n) is 22.5. The Morgan fingerprint density at radius 1 is 1.05 bits per heavy atom. The van der Waals surface area contributed by atoms with Gasteiger partial charge in [0.15, 0.2) is 6.04 Å². The van der Waals surface area contributed by atoms with Gasteiger partial charge in [-0.05, 0) is 61.7 Å². The lowest BCUT2D eigenvalue weighted by molar-refractivity contribution is -0.149. The molecule has 1 amide bonds. The molecule has 0 radical (unpaired) electrons. The lowest BCUT2D eigenvalue weighted by Gasteiger charge is -2.35. The number of imidazole rings is 1. The number of fused-ring (bicyclic) bond motifs is 2. The molecule has 0 bridgehead atoms. The summed E-state index contributed by atoms with van der Waals surface area (Å²) in [6, 6.07) is 11.4. The van der Waals surface area contributed by atoms with Gasteiger partial charge in [0.1, 0.15) is 0 Å². The van der Waals surface area contributed by atoms with Crippen LogP contribution < -0.4 is 4.90 Å². The SMILES string of the molecule is CCOC(=O)[C@@H](c1ncn2c1CCC2)N1Cc2c(Cl)cc(-c3ccc(N4CCN(CC)CC4)cc3)cc2C1=O. The van der Waals surface area contributed by atoms with Crippen LogP contribution >= 0.6 is 11.6 Å². The highest BCUT2D eigenvalue weighted by Gasteiger charge is 2.42. The molecule has 3 aliphatic heterocycles. The predicted molar refractivity (Wildman–Crippen MR) is 151 cm³/mol. The van der Waals surface area contributed by atoms with Gasteiger partial charge in [0, 0.05) is 66.8 Å². The Labute approximate surface area is 234 Å². The molecule has 8 nitrogen and oxygen atoms in total. The summed E-state index contributed by atoms with van der Waals surface area (Å²) in [6.07, 6.45) is 3.59. The zero-order valence-corrected chi connectivity index (χ0v) is 23.3. The number of rotatable bonds is 7. The monoisotopic (exact) mass is 547 g/mol. The number of anilines is 1. The molecule has 9 heteroatoms. The molecule has 1 saturated heterocycles. The molecule has 1 atom stereocenters. The maximum absolute atomic E-state index is 13.8. The van der Waals surface area contributed by atoms with E-state index in [0.717, 1.165) is 74.5 Å². The first-order valence-electron chi connectivity index (χ1n) is 13.9. The van der Waals surface area contributed by atoms with Gasteiger partial charge in [-0.2, -0.15) is 0 Å². The third kappa shape index (κ3) is 4.70. The Morgan fingerprint density at radius 2 is 1.82 bits per heavy atom. The Kier molecular flexibility index (Phi) is 7.08. The number of aryl methyl sites for hydroxylation is 1. The number of carbonyl (C=O) groups excluding carboxylic acids is 2. The van der Waals surface area contributed by atoms with Crippen LogP contribution in [0.25, 0.3) is 11.1 Å². The molecule has 0 spiro atoms. The van der Waals surface area contributed by atoms with Gasteiger partial charge < -0.3 is 24.0 Å². The Morgan fingerprint density at radius 3 is 2.54 bits per heavy atom. The fourth-order valence-corrected chi connectivity index (χ4v) is 6.37. The lowest BCUT2D eigenvalue weighted by Crippen LogP contribution is -2.46. The zero-order chi connectivity index (χ0) is 27.1. The van der Waals surface area contributed by atoms with Crippen molar-refractivity contribution in [2.24, 2.45) is 0 Å². The minimum Gasteiger partial charge on any atom is -0.464 e. The van der Waals surface area contributed by atoms with E-state index in [1.165, 1.54) is 5.69 Å². The van der Waals surface area contributed by atoms with E-state index in [1.54, 1.807) is 18.2 Å². The van der Waals surface area contributed by atoms with Crippen molar-refractivity contribution in [2.45, 2.75) is 45.8 Å². The van der Waals surface area contributed by atoms with Gasteiger partial charge in [-0.1, -0.05) is 30.7 Å². The highest BCUT2D eigenvalue weighted by atomic mass is 35.5. The van der Waals surface area contributed by atoms with Crippen molar-refractivity contribution < 1.29 is 14.3 Å². The van der Waals surface area contributed by atoms with Crippen molar-refractivity contribution >= 4 is 29.2 Å². The molecule has 3 aromatic rings. The molecule has 6 rings (SSSR count). The first kappa shape index (κ1) is 25.9. The van der Waals surface area contributed by atoms with Gasteiger partial charge >= 0.3 is 5.97 Å². The number of hydrogen-bond donors (Lipinski definition) is 0. The van der Waals surface area contributed by atoms with Crippen LogP contribution in [0, 0.1) is 0 Å². The van der Waals surface area contributed by atoms with Gasteiger partial charge in [-0.3, -0.25) is 4.79 Å². The number of carbonyl (C=O) groups is 2. The maximum atomic E-state index is 13.8. The van der Waals surface area contributed by atoms with Crippen molar-refractivity contribution in [3.63, 3.8) is 0 Å². The number of likely N-dealkylation sites (N-methyl/N-ethyl adjacent to an activating group) is 1. The second-order valence-electron chi connectivity index (χ2n) is 10.4. The average molecular weight is 548 g/mol. The van der Waals surface area contributed by atoms with Crippen molar-refractivity contribution in [3.05, 3.63) is 70.3 Å². The van der Waals surface area contributed by atoms with E-state index in [1.807, 2.05) is 12.1 Å². The van der Waals surface area contributed by atoms with Crippen LogP contribution in [0.3, 0.4) is 0 Å². The second-order valence-corrected chi connectivity index (χ2v) is 10.8. The molecule has 39 heavy (non-hydrogen) atoms. The first-order chi connectivity index (χ1) is 19.0. The van der Waals surface area contributed by atoms with Gasteiger partial charge in [0.25, 0.3) is 5.91 Å². The number of aromatic nitrogens is 2. The van der Waals surface area contributed by atoms with Gasteiger partial charge in [-0.15, -0.1) is 0 Å². The number of esters is 1. The molecule has 204 valence electrons. The molecule has 3 aliphatic rings. The third-order valence-electron chi connectivity index (χ3n) is 8.27. The summed E-state index contributed by atoms with van der Waals surface area (Å²) >= 11 is 6.77. The minimum atomic E-state index is -0.897. The van der Waals surface area contributed by atoms with Crippen LogP contribution in [0.1, 0.15) is 53.6 Å². The molecular formula is C30H34ClN5O3. The number of piperazine rings is 1. The normalized spacial score (nSPS) is 17.9. The van der Waals surface area contributed by atoms with E-state index in [0.29, 0.717) is 16.3 Å². The number of halogens is 1. The largest absolute Gasteiger partial charge is 0.464 e. The van der Waals surface area contributed by atoms with Gasteiger partial charge in [0.05, 0.1) is 18.6 Å². The molecule has 2 aromatic carbocycles. The third-order valence-corrected chi connectivity index (χ3v) is 8.61. The molecular weight excluding hydrogens is 514 g/mol. The smallest absolute Gasteiger partial charge is 0.335 e. The standard InChI is InChI=1S/C30H34ClN5O3/c1-3-33-12-14-34(15-13-33)22-9-7-20(8-10-22)21-16-23-24(25(31)17-21)18-36(29(23)37)28(30(38)39-4-2)27-26-6-5-11-35(26)19-32-27/h7-10,16-17,19,28H,3-6,11-15,18H2,1-2H3/t28-/m1/s1.